The van der Waals surface area contributed by atoms with Crippen molar-refractivity contribution in [2.75, 3.05) is 18.1 Å². The molecule has 0 saturated carbocycles. The highest BCUT2D eigenvalue weighted by Gasteiger charge is 2.41. The molecule has 2 fully saturated rings. The first-order chi connectivity index (χ1) is 10.1. The fraction of sp³-hybridized carbons (Fsp3) is 0.714. The average molecular weight is 367 g/mol. The predicted molar refractivity (Wildman–Crippen MR) is 92.4 cm³/mol. The Kier molecular flexibility index (Phi) is 5.42. The molecule has 0 amide bonds. The van der Waals surface area contributed by atoms with Gasteiger partial charge in [-0.3, -0.25) is 11.3 Å². The summed E-state index contributed by atoms with van der Waals surface area (Å²) in [6, 6.07) is 1.99. The van der Waals surface area contributed by atoms with Crippen LogP contribution in [-0.4, -0.2) is 23.7 Å². The molecular formula is C14H20Cl2N2OS2. The van der Waals surface area contributed by atoms with Gasteiger partial charge in [0.25, 0.3) is 0 Å². The normalized spacial score (nSPS) is 26.9. The predicted octanol–water partition coefficient (Wildman–Crippen LogP) is 4.25. The van der Waals surface area contributed by atoms with Crippen LogP contribution in [0.3, 0.4) is 0 Å². The minimum atomic E-state index is 0.0511. The number of ether oxygens (including phenoxy) is 1. The molecule has 0 radical (unpaired) electrons. The molecule has 0 aliphatic carbocycles. The summed E-state index contributed by atoms with van der Waals surface area (Å²) in [5, 5.41) is 0. The van der Waals surface area contributed by atoms with Gasteiger partial charge >= 0.3 is 0 Å². The van der Waals surface area contributed by atoms with Crippen LogP contribution in [0.4, 0.5) is 0 Å². The molecule has 1 aromatic heterocycles. The summed E-state index contributed by atoms with van der Waals surface area (Å²) in [6.45, 7) is 0.809. The molecule has 1 spiro atoms. The van der Waals surface area contributed by atoms with Crippen LogP contribution in [0.1, 0.15) is 37.3 Å². The SMILES string of the molecule is NNC(c1cc(Cl)sc1Cl)C1CCOC2(CCSCC2)C1. The Balaban J connectivity index is 1.78. The maximum Gasteiger partial charge on any atom is 0.0992 e. The van der Waals surface area contributed by atoms with Crippen molar-refractivity contribution in [1.82, 2.24) is 5.43 Å². The average Bonchev–Trinajstić information content (AvgIpc) is 2.80. The van der Waals surface area contributed by atoms with E-state index < -0.39 is 0 Å². The topological polar surface area (TPSA) is 47.3 Å². The Bertz CT molecular complexity index is 486. The molecule has 2 saturated heterocycles. The number of thioether (sulfide) groups is 1. The number of hydrazine groups is 1. The highest BCUT2D eigenvalue weighted by atomic mass is 35.5. The maximum absolute atomic E-state index is 6.32. The van der Waals surface area contributed by atoms with Gasteiger partial charge in [-0.15, -0.1) is 11.3 Å². The standard InChI is InChI=1S/C14H20Cl2N2OS2/c15-11-7-10(13(16)21-11)12(18-17)9-1-4-19-14(8-9)2-5-20-6-3-14/h7,9,12,18H,1-6,8,17H2. The molecule has 2 unspecified atom stereocenters. The lowest BCUT2D eigenvalue weighted by molar-refractivity contribution is -0.107. The lowest BCUT2D eigenvalue weighted by Crippen LogP contribution is -2.46. The molecule has 21 heavy (non-hydrogen) atoms. The zero-order valence-electron chi connectivity index (χ0n) is 11.7. The van der Waals surface area contributed by atoms with E-state index in [4.69, 9.17) is 33.8 Å². The van der Waals surface area contributed by atoms with Crippen LogP contribution < -0.4 is 11.3 Å². The maximum atomic E-state index is 6.32. The number of hydrogen-bond donors (Lipinski definition) is 2. The molecule has 118 valence electrons. The summed E-state index contributed by atoms with van der Waals surface area (Å²) in [7, 11) is 0. The second-order valence-electron chi connectivity index (χ2n) is 5.82. The molecule has 3 N–H and O–H groups in total. The van der Waals surface area contributed by atoms with Gasteiger partial charge in [-0.25, -0.2) is 0 Å². The number of hydrogen-bond acceptors (Lipinski definition) is 5. The van der Waals surface area contributed by atoms with Crippen molar-refractivity contribution < 1.29 is 4.74 Å². The van der Waals surface area contributed by atoms with E-state index in [1.54, 1.807) is 0 Å². The summed E-state index contributed by atoms with van der Waals surface area (Å²) in [5.41, 5.74) is 4.05. The van der Waals surface area contributed by atoms with Gasteiger partial charge in [0, 0.05) is 12.2 Å². The fourth-order valence-corrected chi connectivity index (χ4v) is 6.27. The molecule has 2 atom stereocenters. The summed E-state index contributed by atoms with van der Waals surface area (Å²) in [5.74, 6) is 8.67. The van der Waals surface area contributed by atoms with Crippen LogP contribution >= 0.6 is 46.3 Å². The number of halogens is 2. The van der Waals surface area contributed by atoms with E-state index >= 15 is 0 Å². The molecule has 3 nitrogen and oxygen atoms in total. The monoisotopic (exact) mass is 366 g/mol. The van der Waals surface area contributed by atoms with E-state index in [0.29, 0.717) is 10.3 Å². The van der Waals surface area contributed by atoms with Crippen LogP contribution in [0.15, 0.2) is 6.07 Å². The number of nitrogens with one attached hydrogen (secondary N) is 1. The van der Waals surface area contributed by atoms with Gasteiger partial charge in [0.1, 0.15) is 0 Å². The van der Waals surface area contributed by atoms with Crippen molar-refractivity contribution in [3.8, 4) is 0 Å². The Labute approximate surface area is 143 Å². The van der Waals surface area contributed by atoms with E-state index in [-0.39, 0.29) is 11.6 Å². The summed E-state index contributed by atoms with van der Waals surface area (Å²) in [4.78, 5) is 0. The molecule has 3 rings (SSSR count). The van der Waals surface area contributed by atoms with Crippen LogP contribution in [0.5, 0.6) is 0 Å². The Hall–Kier alpha value is 0.510. The van der Waals surface area contributed by atoms with E-state index in [1.165, 1.54) is 22.8 Å². The van der Waals surface area contributed by atoms with E-state index in [9.17, 15) is 0 Å². The summed E-state index contributed by atoms with van der Waals surface area (Å²) in [6.07, 6.45) is 4.34. The number of rotatable bonds is 3. The quantitative estimate of drug-likeness (QED) is 0.619. The van der Waals surface area contributed by atoms with Crippen molar-refractivity contribution in [3.63, 3.8) is 0 Å². The molecule has 2 aliphatic heterocycles. The fourth-order valence-electron chi connectivity index (χ4n) is 3.49. The van der Waals surface area contributed by atoms with Crippen molar-refractivity contribution in [1.29, 1.82) is 0 Å². The summed E-state index contributed by atoms with van der Waals surface area (Å²) < 4.78 is 7.62. The van der Waals surface area contributed by atoms with Gasteiger partial charge in [0.15, 0.2) is 0 Å². The minimum absolute atomic E-state index is 0.0511. The first kappa shape index (κ1) is 16.4. The first-order valence-corrected chi connectivity index (χ1v) is 9.99. The molecule has 0 bridgehead atoms. The largest absolute Gasteiger partial charge is 0.375 e. The number of nitrogens with two attached hydrogens (primary N) is 1. The summed E-state index contributed by atoms with van der Waals surface area (Å²) >= 11 is 15.8. The highest BCUT2D eigenvalue weighted by Crippen LogP contribution is 2.45. The Morgan fingerprint density at radius 2 is 2.14 bits per heavy atom. The van der Waals surface area contributed by atoms with Crippen LogP contribution in [0.2, 0.25) is 8.67 Å². The van der Waals surface area contributed by atoms with Gasteiger partial charge in [0.2, 0.25) is 0 Å². The van der Waals surface area contributed by atoms with Gasteiger partial charge in [0.05, 0.1) is 20.3 Å². The van der Waals surface area contributed by atoms with Gasteiger partial charge in [-0.05, 0) is 49.2 Å². The van der Waals surface area contributed by atoms with E-state index in [1.807, 2.05) is 17.8 Å². The second kappa shape index (κ2) is 6.95. The third-order valence-electron chi connectivity index (χ3n) is 4.60. The van der Waals surface area contributed by atoms with E-state index in [2.05, 4.69) is 5.43 Å². The molecule has 3 heterocycles. The van der Waals surface area contributed by atoms with Crippen molar-refractivity contribution in [2.45, 2.75) is 37.3 Å². The lowest BCUT2D eigenvalue weighted by Gasteiger charge is -2.45. The lowest BCUT2D eigenvalue weighted by atomic mass is 9.77. The Morgan fingerprint density at radius 1 is 1.38 bits per heavy atom. The molecule has 2 aliphatic rings. The molecule has 0 aromatic carbocycles. The molecule has 1 aromatic rings. The van der Waals surface area contributed by atoms with Crippen molar-refractivity contribution in [2.24, 2.45) is 11.8 Å². The van der Waals surface area contributed by atoms with Gasteiger partial charge in [-0.2, -0.15) is 11.8 Å². The third kappa shape index (κ3) is 3.55. The van der Waals surface area contributed by atoms with Gasteiger partial charge in [-0.1, -0.05) is 23.2 Å². The van der Waals surface area contributed by atoms with Gasteiger partial charge < -0.3 is 4.74 Å². The zero-order chi connectivity index (χ0) is 14.9. The Morgan fingerprint density at radius 3 is 2.76 bits per heavy atom. The van der Waals surface area contributed by atoms with E-state index in [0.717, 1.165) is 42.2 Å². The second-order valence-corrected chi connectivity index (χ2v) is 9.33. The zero-order valence-corrected chi connectivity index (χ0v) is 14.9. The van der Waals surface area contributed by atoms with Crippen LogP contribution in [-0.2, 0) is 4.74 Å². The third-order valence-corrected chi connectivity index (χ3v) is 7.11. The minimum Gasteiger partial charge on any atom is -0.375 e. The van der Waals surface area contributed by atoms with Crippen molar-refractivity contribution in [3.05, 3.63) is 20.3 Å². The molecule has 7 heteroatoms. The van der Waals surface area contributed by atoms with Crippen LogP contribution in [0.25, 0.3) is 0 Å². The smallest absolute Gasteiger partial charge is 0.0992 e. The number of thiophene rings is 1. The van der Waals surface area contributed by atoms with Crippen LogP contribution in [0, 0.1) is 5.92 Å². The van der Waals surface area contributed by atoms with Crippen molar-refractivity contribution >= 4 is 46.3 Å². The first-order valence-electron chi connectivity index (χ1n) is 7.26. The molecular weight excluding hydrogens is 347 g/mol. The highest BCUT2D eigenvalue weighted by molar-refractivity contribution is 7.99.